The van der Waals surface area contributed by atoms with E-state index in [2.05, 4.69) is 34.6 Å². The van der Waals surface area contributed by atoms with Gasteiger partial charge in [0.25, 0.3) is 6.01 Å². The summed E-state index contributed by atoms with van der Waals surface area (Å²) in [5, 5.41) is 0. The van der Waals surface area contributed by atoms with E-state index in [4.69, 9.17) is 9.72 Å². The van der Waals surface area contributed by atoms with E-state index in [-0.39, 0.29) is 5.60 Å². The third kappa shape index (κ3) is 1.28. The van der Waals surface area contributed by atoms with Gasteiger partial charge in [-0.05, 0) is 44.5 Å². The molecular weight excluding hydrogens is 250 g/mol. The van der Waals surface area contributed by atoms with Crippen LogP contribution in [0, 0.1) is 12.8 Å². The molecule has 4 aliphatic rings. The molecule has 3 fully saturated rings. The number of aromatic nitrogens is 2. The normalized spacial score (nSPS) is 34.6. The highest BCUT2D eigenvalue weighted by molar-refractivity contribution is 5.80. The predicted octanol–water partition coefficient (Wildman–Crippen LogP) is 2.20. The molecule has 0 amide bonds. The second kappa shape index (κ2) is 3.55. The number of fused-ring (bicyclic) bond motifs is 5. The van der Waals surface area contributed by atoms with Crippen LogP contribution in [0.5, 0.6) is 6.01 Å². The molecule has 104 valence electrons. The SMILES string of the molecule is Cc1cccc2c1nc1n2C[C@]2(CN3CCC2CC3)O1. The lowest BCUT2D eigenvalue weighted by molar-refractivity contribution is -0.0832. The van der Waals surface area contributed by atoms with Crippen molar-refractivity contribution in [3.63, 3.8) is 0 Å². The zero-order valence-corrected chi connectivity index (χ0v) is 11.8. The maximum absolute atomic E-state index is 6.42. The summed E-state index contributed by atoms with van der Waals surface area (Å²) in [4.78, 5) is 7.30. The van der Waals surface area contributed by atoms with Crippen LogP contribution in [0.15, 0.2) is 18.2 Å². The number of para-hydroxylation sites is 1. The van der Waals surface area contributed by atoms with Gasteiger partial charge in [0.15, 0.2) is 0 Å². The van der Waals surface area contributed by atoms with E-state index in [0.717, 1.165) is 24.6 Å². The monoisotopic (exact) mass is 269 g/mol. The Hall–Kier alpha value is -1.55. The highest BCUT2D eigenvalue weighted by Crippen LogP contribution is 2.45. The van der Waals surface area contributed by atoms with Gasteiger partial charge in [0.05, 0.1) is 17.6 Å². The highest BCUT2D eigenvalue weighted by Gasteiger charge is 2.53. The van der Waals surface area contributed by atoms with E-state index in [1.54, 1.807) is 0 Å². The molecule has 2 bridgehead atoms. The van der Waals surface area contributed by atoms with Crippen LogP contribution in [-0.2, 0) is 6.54 Å². The summed E-state index contributed by atoms with van der Waals surface area (Å²) in [5.41, 5.74) is 3.56. The van der Waals surface area contributed by atoms with E-state index in [0.29, 0.717) is 5.92 Å². The van der Waals surface area contributed by atoms with E-state index >= 15 is 0 Å². The zero-order chi connectivity index (χ0) is 13.3. The highest BCUT2D eigenvalue weighted by atomic mass is 16.5. The summed E-state index contributed by atoms with van der Waals surface area (Å²) in [5.74, 6) is 0.703. The smallest absolute Gasteiger partial charge is 0.298 e. The first-order valence-corrected chi connectivity index (χ1v) is 7.62. The van der Waals surface area contributed by atoms with E-state index in [9.17, 15) is 0 Å². The maximum Gasteiger partial charge on any atom is 0.298 e. The average molecular weight is 269 g/mol. The second-order valence-electron chi connectivity index (χ2n) is 6.64. The van der Waals surface area contributed by atoms with Crippen molar-refractivity contribution in [3.05, 3.63) is 23.8 Å². The van der Waals surface area contributed by atoms with Crippen molar-refractivity contribution in [1.29, 1.82) is 0 Å². The number of hydrogen-bond acceptors (Lipinski definition) is 3. The average Bonchev–Trinajstić information content (AvgIpc) is 2.96. The van der Waals surface area contributed by atoms with Crippen LogP contribution in [0.1, 0.15) is 18.4 Å². The van der Waals surface area contributed by atoms with Crippen molar-refractivity contribution < 1.29 is 4.74 Å². The number of ether oxygens (including phenoxy) is 1. The number of hydrogen-bond donors (Lipinski definition) is 0. The predicted molar refractivity (Wildman–Crippen MR) is 77.0 cm³/mol. The summed E-state index contributed by atoms with van der Waals surface area (Å²) < 4.78 is 8.72. The van der Waals surface area contributed by atoms with Crippen molar-refractivity contribution in [1.82, 2.24) is 14.5 Å². The van der Waals surface area contributed by atoms with Gasteiger partial charge in [-0.1, -0.05) is 12.1 Å². The molecule has 2 aromatic rings. The summed E-state index contributed by atoms with van der Waals surface area (Å²) in [6.45, 7) is 6.67. The van der Waals surface area contributed by atoms with Gasteiger partial charge in [-0.25, -0.2) is 0 Å². The van der Waals surface area contributed by atoms with Gasteiger partial charge in [-0.2, -0.15) is 4.98 Å². The Kier molecular flexibility index (Phi) is 1.98. The summed E-state index contributed by atoms with van der Waals surface area (Å²) >= 11 is 0. The molecule has 3 saturated heterocycles. The third-order valence-corrected chi connectivity index (χ3v) is 5.49. The molecule has 0 N–H and O–H groups in total. The molecule has 4 heteroatoms. The topological polar surface area (TPSA) is 30.3 Å². The Balaban J connectivity index is 1.61. The minimum Gasteiger partial charge on any atom is -0.454 e. The first-order valence-electron chi connectivity index (χ1n) is 7.62. The quantitative estimate of drug-likeness (QED) is 0.734. The van der Waals surface area contributed by atoms with Crippen molar-refractivity contribution >= 4 is 11.0 Å². The van der Waals surface area contributed by atoms with Crippen LogP contribution in [0.3, 0.4) is 0 Å². The van der Waals surface area contributed by atoms with E-state index < -0.39 is 0 Å². The van der Waals surface area contributed by atoms with Gasteiger partial charge in [-0.3, -0.25) is 9.47 Å². The Morgan fingerprint density at radius 3 is 2.85 bits per heavy atom. The number of imidazole rings is 1. The molecule has 1 atom stereocenters. The molecule has 0 unspecified atom stereocenters. The fraction of sp³-hybridized carbons (Fsp3) is 0.562. The standard InChI is InChI=1S/C16H19N3O/c1-11-3-2-4-13-14(11)17-15-19(13)10-16(20-15)9-18-7-5-12(16)6-8-18/h2-4,12H,5-10H2,1H3/t16-/m0/s1. The van der Waals surface area contributed by atoms with Gasteiger partial charge < -0.3 is 4.74 Å². The molecule has 4 nitrogen and oxygen atoms in total. The van der Waals surface area contributed by atoms with Crippen LogP contribution in [0.25, 0.3) is 11.0 Å². The Bertz CT molecular complexity index is 699. The summed E-state index contributed by atoms with van der Waals surface area (Å²) in [6, 6.07) is 7.24. The van der Waals surface area contributed by atoms with Crippen LogP contribution in [-0.4, -0.2) is 39.7 Å². The second-order valence-corrected chi connectivity index (χ2v) is 6.64. The lowest BCUT2D eigenvalue weighted by Gasteiger charge is -2.50. The maximum atomic E-state index is 6.42. The number of aryl methyl sites for hydroxylation is 1. The molecule has 0 aliphatic carbocycles. The fourth-order valence-corrected chi connectivity index (χ4v) is 4.40. The van der Waals surface area contributed by atoms with Crippen molar-refractivity contribution in [2.24, 2.45) is 5.92 Å². The van der Waals surface area contributed by atoms with Gasteiger partial charge in [0, 0.05) is 12.5 Å². The minimum absolute atomic E-state index is 0.00320. The number of rotatable bonds is 0. The van der Waals surface area contributed by atoms with Gasteiger partial charge >= 0.3 is 0 Å². The fourth-order valence-electron chi connectivity index (χ4n) is 4.40. The van der Waals surface area contributed by atoms with Crippen molar-refractivity contribution in [2.45, 2.75) is 31.9 Å². The van der Waals surface area contributed by atoms with Crippen molar-refractivity contribution in [3.8, 4) is 6.01 Å². The van der Waals surface area contributed by atoms with Gasteiger partial charge in [0.1, 0.15) is 5.60 Å². The first kappa shape index (κ1) is 11.1. The lowest BCUT2D eigenvalue weighted by atomic mass is 9.75. The number of benzene rings is 1. The summed E-state index contributed by atoms with van der Waals surface area (Å²) in [6.07, 6.45) is 2.56. The Labute approximate surface area is 118 Å². The number of nitrogens with zero attached hydrogens (tertiary/aromatic N) is 3. The van der Waals surface area contributed by atoms with Gasteiger partial charge in [-0.15, -0.1) is 0 Å². The molecular formula is C16H19N3O. The van der Waals surface area contributed by atoms with Crippen LogP contribution < -0.4 is 4.74 Å². The molecule has 20 heavy (non-hydrogen) atoms. The third-order valence-electron chi connectivity index (χ3n) is 5.49. The molecule has 0 saturated carbocycles. The molecule has 1 aromatic heterocycles. The molecule has 5 heterocycles. The van der Waals surface area contributed by atoms with Crippen LogP contribution in [0.4, 0.5) is 0 Å². The molecule has 1 spiro atoms. The van der Waals surface area contributed by atoms with Gasteiger partial charge in [0.2, 0.25) is 0 Å². The minimum atomic E-state index is -0.00320. The zero-order valence-electron chi connectivity index (χ0n) is 11.8. The molecule has 0 radical (unpaired) electrons. The Morgan fingerprint density at radius 2 is 2.10 bits per heavy atom. The first-order chi connectivity index (χ1) is 9.75. The number of piperidine rings is 3. The largest absolute Gasteiger partial charge is 0.454 e. The van der Waals surface area contributed by atoms with Crippen LogP contribution in [0.2, 0.25) is 0 Å². The van der Waals surface area contributed by atoms with E-state index in [1.165, 1.54) is 37.0 Å². The van der Waals surface area contributed by atoms with Crippen LogP contribution >= 0.6 is 0 Å². The van der Waals surface area contributed by atoms with E-state index in [1.807, 2.05) is 0 Å². The van der Waals surface area contributed by atoms with Crippen molar-refractivity contribution in [2.75, 3.05) is 19.6 Å². The molecule has 1 aromatic carbocycles. The molecule has 4 aliphatic heterocycles. The lowest BCUT2D eigenvalue weighted by Crippen LogP contribution is -2.61. The Morgan fingerprint density at radius 1 is 1.25 bits per heavy atom. The molecule has 6 rings (SSSR count). The summed E-state index contributed by atoms with van der Waals surface area (Å²) in [7, 11) is 0.